The van der Waals surface area contributed by atoms with Gasteiger partial charge in [-0.15, -0.1) is 11.3 Å². The minimum atomic E-state index is -4.43. The van der Waals surface area contributed by atoms with Gasteiger partial charge in [-0.25, -0.2) is 0 Å². The molecule has 8 heteroatoms. The molecule has 4 nitrogen and oxygen atoms in total. The molecule has 0 radical (unpaired) electrons. The van der Waals surface area contributed by atoms with Crippen molar-refractivity contribution in [3.05, 3.63) is 76.0 Å². The first-order valence-electron chi connectivity index (χ1n) is 10.7. The lowest BCUT2D eigenvalue weighted by molar-refractivity contribution is -0.137. The molecule has 0 aliphatic carbocycles. The number of hydrogen-bond donors (Lipinski definition) is 2. The summed E-state index contributed by atoms with van der Waals surface area (Å²) in [6, 6.07) is 17.2. The van der Waals surface area contributed by atoms with E-state index in [1.807, 2.05) is 19.1 Å². The van der Waals surface area contributed by atoms with E-state index < -0.39 is 17.0 Å². The van der Waals surface area contributed by atoms with Gasteiger partial charge in [-0.2, -0.15) is 13.2 Å². The van der Waals surface area contributed by atoms with Crippen molar-refractivity contribution >= 4 is 17.3 Å². The molecule has 2 aromatic carbocycles. The highest BCUT2D eigenvalue weighted by Gasteiger charge is 2.36. The number of hydrogen-bond acceptors (Lipinski definition) is 4. The van der Waals surface area contributed by atoms with Crippen molar-refractivity contribution < 1.29 is 27.8 Å². The molecule has 0 saturated carbocycles. The van der Waals surface area contributed by atoms with Gasteiger partial charge in [0.15, 0.2) is 0 Å². The summed E-state index contributed by atoms with van der Waals surface area (Å²) in [5.41, 5.74) is 1.65. The van der Waals surface area contributed by atoms with Crippen molar-refractivity contribution in [2.24, 2.45) is 0 Å². The number of halogens is 3. The molecule has 0 saturated heterocycles. The van der Waals surface area contributed by atoms with Crippen LogP contribution < -0.4 is 10.1 Å². The monoisotopic (exact) mass is 477 g/mol. The molecule has 0 bridgehead atoms. The van der Waals surface area contributed by atoms with E-state index in [0.717, 1.165) is 18.4 Å². The first-order valence-corrected chi connectivity index (χ1v) is 11.5. The third-order valence-electron chi connectivity index (χ3n) is 5.08. The van der Waals surface area contributed by atoms with Crippen LogP contribution >= 0.6 is 11.3 Å². The highest BCUT2D eigenvalue weighted by atomic mass is 32.1. The van der Waals surface area contributed by atoms with E-state index in [-0.39, 0.29) is 24.6 Å². The predicted molar refractivity (Wildman–Crippen MR) is 123 cm³/mol. The molecule has 0 spiro atoms. The van der Waals surface area contributed by atoms with Gasteiger partial charge in [0.05, 0.1) is 6.42 Å². The molecule has 3 aromatic rings. The van der Waals surface area contributed by atoms with E-state index in [1.165, 1.54) is 6.07 Å². The Bertz CT molecular complexity index is 1030. The summed E-state index contributed by atoms with van der Waals surface area (Å²) in [6.45, 7) is 2.57. The van der Waals surface area contributed by atoms with Crippen molar-refractivity contribution in [3.8, 4) is 16.9 Å². The summed E-state index contributed by atoms with van der Waals surface area (Å²) in [7, 11) is 0. The first kappa shape index (κ1) is 24.8. The van der Waals surface area contributed by atoms with Gasteiger partial charge in [-0.3, -0.25) is 4.79 Å². The lowest BCUT2D eigenvalue weighted by Gasteiger charge is -2.16. The number of rotatable bonds is 11. The predicted octanol–water partition coefficient (Wildman–Crippen LogP) is 6.75. The minimum absolute atomic E-state index is 0.0371. The first-order chi connectivity index (χ1) is 15.8. The van der Waals surface area contributed by atoms with E-state index in [9.17, 15) is 18.0 Å². The molecular formula is C25H26F3NO3S. The maximum atomic E-state index is 13.5. The fourth-order valence-corrected chi connectivity index (χ4v) is 4.47. The van der Waals surface area contributed by atoms with Crippen LogP contribution in [0, 0.1) is 0 Å². The zero-order chi connectivity index (χ0) is 23.8. The summed E-state index contributed by atoms with van der Waals surface area (Å²) in [6.07, 6.45) is -2.69. The lowest BCUT2D eigenvalue weighted by atomic mass is 10.1. The number of nitrogens with one attached hydrogen (secondary N) is 1. The molecule has 33 heavy (non-hydrogen) atoms. The average molecular weight is 478 g/mol. The van der Waals surface area contributed by atoms with Crippen LogP contribution in [0.4, 0.5) is 13.2 Å². The smallest absolute Gasteiger partial charge is 0.426 e. The molecule has 0 fully saturated rings. The second kappa shape index (κ2) is 11.3. The van der Waals surface area contributed by atoms with Gasteiger partial charge < -0.3 is 15.2 Å². The number of carboxylic acid groups (broad SMARTS) is 1. The normalized spacial score (nSPS) is 12.5. The fraction of sp³-hybridized carbons (Fsp3) is 0.320. The van der Waals surface area contributed by atoms with Crippen LogP contribution in [-0.2, 0) is 24.1 Å². The number of carboxylic acids is 1. The zero-order valence-corrected chi connectivity index (χ0v) is 19.0. The highest BCUT2D eigenvalue weighted by Crippen LogP contribution is 2.43. The topological polar surface area (TPSA) is 58.6 Å². The van der Waals surface area contributed by atoms with E-state index in [2.05, 4.69) is 5.32 Å². The highest BCUT2D eigenvalue weighted by molar-refractivity contribution is 7.12. The Labute approximate surface area is 195 Å². The molecule has 1 atom stereocenters. The molecule has 3 rings (SSSR count). The number of ether oxygens (including phenoxy) is 1. The van der Waals surface area contributed by atoms with Gasteiger partial charge >= 0.3 is 12.1 Å². The third-order valence-corrected chi connectivity index (χ3v) is 6.24. The Balaban J connectivity index is 1.62. The van der Waals surface area contributed by atoms with Gasteiger partial charge in [0.1, 0.15) is 17.2 Å². The molecule has 0 amide bonds. The molecule has 1 unspecified atom stereocenters. The second-order valence-electron chi connectivity index (χ2n) is 7.72. The van der Waals surface area contributed by atoms with E-state index in [0.29, 0.717) is 34.1 Å². The maximum absolute atomic E-state index is 13.5. The van der Waals surface area contributed by atoms with Crippen LogP contribution in [0.3, 0.4) is 0 Å². The molecule has 176 valence electrons. The third kappa shape index (κ3) is 7.33. The number of benzene rings is 2. The molecular weight excluding hydrogens is 451 g/mol. The van der Waals surface area contributed by atoms with E-state index >= 15 is 0 Å². The summed E-state index contributed by atoms with van der Waals surface area (Å²) in [4.78, 5) is 10.8. The summed E-state index contributed by atoms with van der Waals surface area (Å²) >= 11 is 0.696. The van der Waals surface area contributed by atoms with Crippen LogP contribution in [0.15, 0.2) is 60.7 Å². The van der Waals surface area contributed by atoms with Crippen LogP contribution in [0.2, 0.25) is 0 Å². The van der Waals surface area contributed by atoms with Crippen LogP contribution in [0.5, 0.6) is 5.75 Å². The van der Waals surface area contributed by atoms with Gasteiger partial charge in [0.25, 0.3) is 0 Å². The molecule has 1 aromatic heterocycles. The Morgan fingerprint density at radius 3 is 2.42 bits per heavy atom. The summed E-state index contributed by atoms with van der Waals surface area (Å²) in [5, 5.41) is 12.3. The lowest BCUT2D eigenvalue weighted by Crippen LogP contribution is -2.30. The standard InChI is InChI=1S/C25H26F3NO3S/c1-2-6-19(13-23(30)31)29-15-17-9-11-20(12-10-17)32-16-21-14-22(18-7-4-3-5-8-18)24(33-21)25(26,27)28/h3-5,7-12,14,19,29H,2,6,13,15-16H2,1H3,(H,30,31). The molecule has 0 aliphatic heterocycles. The number of thiophene rings is 1. The van der Waals surface area contributed by atoms with Gasteiger partial charge in [0, 0.05) is 23.0 Å². The van der Waals surface area contributed by atoms with Gasteiger partial charge in [-0.05, 0) is 35.7 Å². The van der Waals surface area contributed by atoms with Gasteiger partial charge in [0.2, 0.25) is 0 Å². The van der Waals surface area contributed by atoms with Crippen molar-refractivity contribution in [2.45, 2.75) is 51.6 Å². The fourth-order valence-electron chi connectivity index (χ4n) is 3.51. The minimum Gasteiger partial charge on any atom is -0.488 e. The van der Waals surface area contributed by atoms with Crippen LogP contribution in [-0.4, -0.2) is 17.1 Å². The van der Waals surface area contributed by atoms with Crippen molar-refractivity contribution in [1.82, 2.24) is 5.32 Å². The largest absolute Gasteiger partial charge is 0.488 e. The maximum Gasteiger partial charge on any atom is 0.426 e. The molecule has 0 aliphatic rings. The number of alkyl halides is 3. The van der Waals surface area contributed by atoms with Crippen molar-refractivity contribution in [3.63, 3.8) is 0 Å². The quantitative estimate of drug-likeness (QED) is 0.321. The van der Waals surface area contributed by atoms with Crippen molar-refractivity contribution in [2.75, 3.05) is 0 Å². The SMILES string of the molecule is CCCC(CC(=O)O)NCc1ccc(OCc2cc(-c3ccccc3)c(C(F)(F)F)s2)cc1. The Hall–Kier alpha value is -2.84. The molecule has 2 N–H and O–H groups in total. The van der Waals surface area contributed by atoms with Crippen molar-refractivity contribution in [1.29, 1.82) is 0 Å². The summed E-state index contributed by atoms with van der Waals surface area (Å²) < 4.78 is 46.3. The Morgan fingerprint density at radius 2 is 1.82 bits per heavy atom. The number of aliphatic carboxylic acids is 1. The van der Waals surface area contributed by atoms with Crippen LogP contribution in [0.25, 0.3) is 11.1 Å². The van der Waals surface area contributed by atoms with Gasteiger partial charge in [-0.1, -0.05) is 55.8 Å². The zero-order valence-electron chi connectivity index (χ0n) is 18.2. The van der Waals surface area contributed by atoms with E-state index in [1.54, 1.807) is 42.5 Å². The van der Waals surface area contributed by atoms with Crippen LogP contribution in [0.1, 0.15) is 41.5 Å². The Morgan fingerprint density at radius 1 is 1.12 bits per heavy atom. The van der Waals surface area contributed by atoms with E-state index in [4.69, 9.17) is 9.84 Å². The average Bonchev–Trinajstić information content (AvgIpc) is 3.22. The second-order valence-corrected chi connectivity index (χ2v) is 8.85. The molecule has 1 heterocycles. The number of carbonyl (C=O) groups is 1. The Kier molecular flexibility index (Phi) is 8.52. The summed E-state index contributed by atoms with van der Waals surface area (Å²) in [5.74, 6) is -0.278.